The predicted octanol–water partition coefficient (Wildman–Crippen LogP) is 2.84. The third-order valence-corrected chi connectivity index (χ3v) is 6.16. The summed E-state index contributed by atoms with van der Waals surface area (Å²) in [5.41, 5.74) is 0.936. The molecule has 1 aromatic carbocycles. The number of guanidine groups is 1. The van der Waals surface area contributed by atoms with Crippen molar-refractivity contribution in [1.82, 2.24) is 14.5 Å². The molecule has 1 heterocycles. The number of ether oxygens (including phenoxy) is 1. The summed E-state index contributed by atoms with van der Waals surface area (Å²) in [4.78, 5) is 6.85. The van der Waals surface area contributed by atoms with Gasteiger partial charge in [0, 0.05) is 32.7 Å². The quantitative estimate of drug-likeness (QED) is 0.231. The van der Waals surface area contributed by atoms with Gasteiger partial charge in [-0.2, -0.15) is 0 Å². The van der Waals surface area contributed by atoms with Crippen LogP contribution in [0.1, 0.15) is 38.9 Å². The summed E-state index contributed by atoms with van der Waals surface area (Å²) >= 11 is 0. The van der Waals surface area contributed by atoms with Crippen molar-refractivity contribution in [3.8, 4) is 0 Å². The van der Waals surface area contributed by atoms with E-state index in [9.17, 15) is 12.8 Å². The van der Waals surface area contributed by atoms with Gasteiger partial charge in [-0.1, -0.05) is 19.1 Å². The van der Waals surface area contributed by atoms with Crippen LogP contribution < -0.4 is 5.32 Å². The molecule has 0 spiro atoms. The highest BCUT2D eigenvalue weighted by Crippen LogP contribution is 2.25. The Hall–Kier alpha value is -0.980. The first kappa shape index (κ1) is 27.1. The molecule has 1 aliphatic heterocycles. The molecule has 0 aromatic heterocycles. The molecule has 1 aliphatic rings. The lowest BCUT2D eigenvalue weighted by atomic mass is 10.1. The lowest BCUT2D eigenvalue weighted by molar-refractivity contribution is -0.0605. The molecule has 0 aliphatic carbocycles. The third kappa shape index (κ3) is 8.27. The summed E-state index contributed by atoms with van der Waals surface area (Å²) in [6.45, 7) is 9.35. The minimum atomic E-state index is -3.18. The first-order valence-electron chi connectivity index (χ1n) is 10.1. The van der Waals surface area contributed by atoms with Crippen LogP contribution in [0.15, 0.2) is 29.3 Å². The second-order valence-corrected chi connectivity index (χ2v) is 9.22. The molecule has 1 fully saturated rings. The molecule has 10 heteroatoms. The van der Waals surface area contributed by atoms with Gasteiger partial charge < -0.3 is 15.0 Å². The summed E-state index contributed by atoms with van der Waals surface area (Å²) in [7, 11) is -3.18. The third-order valence-electron chi connectivity index (χ3n) is 4.79. The first-order valence-corrected chi connectivity index (χ1v) is 12.0. The molecule has 0 radical (unpaired) electrons. The summed E-state index contributed by atoms with van der Waals surface area (Å²) in [6, 6.07) is 6.40. The highest BCUT2D eigenvalue weighted by molar-refractivity contribution is 14.0. The highest BCUT2D eigenvalue weighted by atomic mass is 127. The fraction of sp³-hybridized carbons (Fsp3) is 0.650. The normalized spacial score (nSPS) is 20.2. The maximum atomic E-state index is 13.2. The van der Waals surface area contributed by atoms with Crippen LogP contribution in [0.5, 0.6) is 0 Å². The largest absolute Gasteiger partial charge is 0.367 e. The predicted molar refractivity (Wildman–Crippen MR) is 129 cm³/mol. The van der Waals surface area contributed by atoms with Gasteiger partial charge in [0.1, 0.15) is 11.9 Å². The molecular formula is C20H34FIN4O3S. The van der Waals surface area contributed by atoms with Crippen molar-refractivity contribution < 1.29 is 17.5 Å². The number of hydrogen-bond donors (Lipinski definition) is 1. The van der Waals surface area contributed by atoms with Crippen molar-refractivity contribution in [2.24, 2.45) is 4.99 Å². The maximum Gasteiger partial charge on any atom is 0.211 e. The van der Waals surface area contributed by atoms with Crippen molar-refractivity contribution in [1.29, 1.82) is 0 Å². The number of benzene rings is 1. The smallest absolute Gasteiger partial charge is 0.211 e. The van der Waals surface area contributed by atoms with Crippen LogP contribution in [-0.4, -0.2) is 75.2 Å². The average Bonchev–Trinajstić information content (AvgIpc) is 2.66. The number of hydrogen-bond acceptors (Lipinski definition) is 4. The Morgan fingerprint density at radius 1 is 1.30 bits per heavy atom. The highest BCUT2D eigenvalue weighted by Gasteiger charge is 2.28. The summed E-state index contributed by atoms with van der Waals surface area (Å²) < 4.78 is 44.2. The van der Waals surface area contributed by atoms with Crippen LogP contribution >= 0.6 is 24.0 Å². The van der Waals surface area contributed by atoms with E-state index >= 15 is 0 Å². The molecule has 0 saturated carbocycles. The van der Waals surface area contributed by atoms with Crippen molar-refractivity contribution in [2.75, 3.05) is 45.5 Å². The minimum Gasteiger partial charge on any atom is -0.367 e. The van der Waals surface area contributed by atoms with Crippen LogP contribution in [0.25, 0.3) is 0 Å². The molecule has 30 heavy (non-hydrogen) atoms. The van der Waals surface area contributed by atoms with E-state index < -0.39 is 10.0 Å². The van der Waals surface area contributed by atoms with Gasteiger partial charge in [0.15, 0.2) is 5.96 Å². The molecule has 1 saturated heterocycles. The minimum absolute atomic E-state index is 0. The number of sulfonamides is 1. The molecule has 2 unspecified atom stereocenters. The van der Waals surface area contributed by atoms with Crippen molar-refractivity contribution in [2.45, 2.75) is 39.4 Å². The van der Waals surface area contributed by atoms with Gasteiger partial charge in [0.25, 0.3) is 0 Å². The molecule has 1 N–H and O–H groups in total. The van der Waals surface area contributed by atoms with Gasteiger partial charge in [-0.25, -0.2) is 17.1 Å². The number of nitrogens with zero attached hydrogens (tertiary/aromatic N) is 3. The summed E-state index contributed by atoms with van der Waals surface area (Å²) in [5.74, 6) is 0.525. The van der Waals surface area contributed by atoms with E-state index in [1.54, 1.807) is 12.1 Å². The molecule has 172 valence electrons. The van der Waals surface area contributed by atoms with Crippen LogP contribution in [0.3, 0.4) is 0 Å². The Morgan fingerprint density at radius 3 is 2.53 bits per heavy atom. The van der Waals surface area contributed by atoms with E-state index in [0.717, 1.165) is 18.1 Å². The Labute approximate surface area is 197 Å². The van der Waals surface area contributed by atoms with Crippen LogP contribution in [-0.2, 0) is 14.8 Å². The van der Waals surface area contributed by atoms with Gasteiger partial charge in [0.05, 0.1) is 18.9 Å². The summed E-state index contributed by atoms with van der Waals surface area (Å²) in [5, 5.41) is 3.31. The second kappa shape index (κ2) is 12.8. The standard InChI is InChI=1S/C20H33FN4O3S.HI/c1-5-22-20(23-12-7-13-25(6-2)29(4,26)27)24-14-16(3)28-19(15-24)17-8-10-18(21)11-9-17;/h8-11,16,19H,5-7,12-15H2,1-4H3,(H,22,23);1H. The molecule has 2 atom stereocenters. The topological polar surface area (TPSA) is 74.2 Å². The van der Waals surface area contributed by atoms with Crippen molar-refractivity contribution in [3.63, 3.8) is 0 Å². The van der Waals surface area contributed by atoms with E-state index in [4.69, 9.17) is 9.73 Å². The number of aliphatic imine (C=N–C) groups is 1. The van der Waals surface area contributed by atoms with E-state index in [1.165, 1.54) is 22.7 Å². The monoisotopic (exact) mass is 556 g/mol. The van der Waals surface area contributed by atoms with Gasteiger partial charge >= 0.3 is 0 Å². The van der Waals surface area contributed by atoms with Crippen molar-refractivity contribution in [3.05, 3.63) is 35.6 Å². The number of rotatable bonds is 8. The Kier molecular flexibility index (Phi) is 11.5. The lowest BCUT2D eigenvalue weighted by Crippen LogP contribution is -2.50. The first-order chi connectivity index (χ1) is 13.7. The van der Waals surface area contributed by atoms with Crippen LogP contribution in [0, 0.1) is 5.82 Å². The molecular weight excluding hydrogens is 522 g/mol. The van der Waals surface area contributed by atoms with Crippen LogP contribution in [0.2, 0.25) is 0 Å². The average molecular weight is 556 g/mol. The van der Waals surface area contributed by atoms with Gasteiger partial charge in [-0.05, 0) is 38.0 Å². The molecule has 7 nitrogen and oxygen atoms in total. The second-order valence-electron chi connectivity index (χ2n) is 7.24. The van der Waals surface area contributed by atoms with Gasteiger partial charge in [0.2, 0.25) is 10.0 Å². The number of nitrogens with one attached hydrogen (secondary N) is 1. The summed E-state index contributed by atoms with van der Waals surface area (Å²) in [6.07, 6.45) is 1.72. The lowest BCUT2D eigenvalue weighted by Gasteiger charge is -2.38. The van der Waals surface area contributed by atoms with Gasteiger partial charge in [-0.3, -0.25) is 4.99 Å². The molecule has 0 amide bonds. The van der Waals surface area contributed by atoms with E-state index in [-0.39, 0.29) is 42.0 Å². The number of morpholine rings is 1. The Morgan fingerprint density at radius 2 is 1.97 bits per heavy atom. The zero-order valence-corrected chi connectivity index (χ0v) is 21.3. The zero-order valence-electron chi connectivity index (χ0n) is 18.2. The maximum absolute atomic E-state index is 13.2. The Balaban J connectivity index is 0.00000450. The van der Waals surface area contributed by atoms with Gasteiger partial charge in [-0.15, -0.1) is 24.0 Å². The molecule has 0 bridgehead atoms. The van der Waals surface area contributed by atoms with E-state index in [2.05, 4.69) is 10.2 Å². The van der Waals surface area contributed by atoms with Crippen LogP contribution in [0.4, 0.5) is 4.39 Å². The number of halogens is 2. The zero-order chi connectivity index (χ0) is 21.4. The molecule has 2 rings (SSSR count). The van der Waals surface area contributed by atoms with E-state index in [1.807, 2.05) is 20.8 Å². The fourth-order valence-electron chi connectivity index (χ4n) is 3.40. The van der Waals surface area contributed by atoms with E-state index in [0.29, 0.717) is 39.1 Å². The van der Waals surface area contributed by atoms with Crippen molar-refractivity contribution >= 4 is 40.0 Å². The Bertz CT molecular complexity index is 777. The SMILES string of the molecule is CCNC(=NCCCN(CC)S(C)(=O)=O)N1CC(C)OC(c2ccc(F)cc2)C1.I. The molecule has 1 aromatic rings. The fourth-order valence-corrected chi connectivity index (χ4v) is 4.33.